The van der Waals surface area contributed by atoms with E-state index in [0.717, 1.165) is 14.9 Å². The normalized spacial score (nSPS) is 12.4. The number of aromatic nitrogens is 2. The standard InChI is InChI=1S/C13H16IN3O/c1-3-18-11-6-4-10(5-7-11)9(2)17-13(15)12(14)8-16-17/h4-9H,3,15H2,1-2H3. The molecule has 0 aliphatic carbocycles. The minimum Gasteiger partial charge on any atom is -0.494 e. The predicted octanol–water partition coefficient (Wildman–Crippen LogP) is 3.08. The van der Waals surface area contributed by atoms with Crippen LogP contribution in [0.1, 0.15) is 25.5 Å². The van der Waals surface area contributed by atoms with Gasteiger partial charge in [0.25, 0.3) is 0 Å². The zero-order valence-electron chi connectivity index (χ0n) is 10.4. The van der Waals surface area contributed by atoms with Crippen molar-refractivity contribution in [3.05, 3.63) is 39.6 Å². The van der Waals surface area contributed by atoms with Gasteiger partial charge in [-0.2, -0.15) is 5.10 Å². The van der Waals surface area contributed by atoms with Gasteiger partial charge in [-0.15, -0.1) is 0 Å². The van der Waals surface area contributed by atoms with E-state index in [-0.39, 0.29) is 6.04 Å². The van der Waals surface area contributed by atoms with Crippen molar-refractivity contribution in [1.82, 2.24) is 9.78 Å². The molecule has 1 unspecified atom stereocenters. The minimum atomic E-state index is 0.115. The number of rotatable bonds is 4. The Hall–Kier alpha value is -1.24. The van der Waals surface area contributed by atoms with Crippen LogP contribution in [0.3, 0.4) is 0 Å². The summed E-state index contributed by atoms with van der Waals surface area (Å²) < 4.78 is 8.23. The molecule has 0 saturated heterocycles. The van der Waals surface area contributed by atoms with Crippen LogP contribution in [-0.2, 0) is 0 Å². The van der Waals surface area contributed by atoms with Gasteiger partial charge in [-0.05, 0) is 54.1 Å². The predicted molar refractivity (Wildman–Crippen MR) is 80.8 cm³/mol. The molecule has 0 radical (unpaired) electrons. The van der Waals surface area contributed by atoms with Gasteiger partial charge in [-0.25, -0.2) is 4.68 Å². The Labute approximate surface area is 120 Å². The number of benzene rings is 1. The van der Waals surface area contributed by atoms with Crippen molar-refractivity contribution >= 4 is 28.4 Å². The topological polar surface area (TPSA) is 53.1 Å². The maximum absolute atomic E-state index is 5.99. The molecule has 2 rings (SSSR count). The van der Waals surface area contributed by atoms with E-state index in [1.807, 2.05) is 35.9 Å². The Morgan fingerprint density at radius 1 is 1.39 bits per heavy atom. The highest BCUT2D eigenvalue weighted by molar-refractivity contribution is 14.1. The van der Waals surface area contributed by atoms with Crippen LogP contribution in [0.4, 0.5) is 5.82 Å². The second kappa shape index (κ2) is 5.60. The van der Waals surface area contributed by atoms with Gasteiger partial charge in [0.05, 0.1) is 22.4 Å². The lowest BCUT2D eigenvalue weighted by Crippen LogP contribution is -2.11. The SMILES string of the molecule is CCOc1ccc(C(C)n2ncc(I)c2N)cc1. The quantitative estimate of drug-likeness (QED) is 0.856. The maximum atomic E-state index is 5.99. The van der Waals surface area contributed by atoms with Gasteiger partial charge in [0.1, 0.15) is 11.6 Å². The number of nitrogens with two attached hydrogens (primary N) is 1. The fourth-order valence-electron chi connectivity index (χ4n) is 1.81. The first-order valence-corrected chi connectivity index (χ1v) is 6.92. The third-order valence-electron chi connectivity index (χ3n) is 2.83. The summed E-state index contributed by atoms with van der Waals surface area (Å²) in [5, 5.41) is 4.30. The van der Waals surface area contributed by atoms with Crippen molar-refractivity contribution in [3.8, 4) is 5.75 Å². The summed E-state index contributed by atoms with van der Waals surface area (Å²) in [6.07, 6.45) is 1.78. The highest BCUT2D eigenvalue weighted by Gasteiger charge is 2.13. The second-order valence-electron chi connectivity index (χ2n) is 4.00. The van der Waals surface area contributed by atoms with E-state index < -0.39 is 0 Å². The van der Waals surface area contributed by atoms with E-state index >= 15 is 0 Å². The Morgan fingerprint density at radius 2 is 2.06 bits per heavy atom. The summed E-state index contributed by atoms with van der Waals surface area (Å²) in [7, 11) is 0. The smallest absolute Gasteiger partial charge is 0.135 e. The monoisotopic (exact) mass is 357 g/mol. The number of hydrogen-bond acceptors (Lipinski definition) is 3. The van der Waals surface area contributed by atoms with Crippen molar-refractivity contribution in [3.63, 3.8) is 0 Å². The average Bonchev–Trinajstić information content (AvgIpc) is 2.71. The molecule has 0 saturated carbocycles. The summed E-state index contributed by atoms with van der Waals surface area (Å²) in [5.41, 5.74) is 7.14. The number of hydrogen-bond donors (Lipinski definition) is 1. The molecule has 1 atom stereocenters. The van der Waals surface area contributed by atoms with E-state index in [9.17, 15) is 0 Å². The fraction of sp³-hybridized carbons (Fsp3) is 0.308. The molecule has 2 aromatic rings. The first kappa shape index (κ1) is 13.2. The van der Waals surface area contributed by atoms with Crippen LogP contribution < -0.4 is 10.5 Å². The van der Waals surface area contributed by atoms with Gasteiger partial charge < -0.3 is 10.5 Å². The third-order valence-corrected chi connectivity index (χ3v) is 3.66. The van der Waals surface area contributed by atoms with Gasteiger partial charge in [-0.3, -0.25) is 0 Å². The first-order valence-electron chi connectivity index (χ1n) is 5.84. The summed E-state index contributed by atoms with van der Waals surface area (Å²) in [6, 6.07) is 8.15. The van der Waals surface area contributed by atoms with Gasteiger partial charge in [0, 0.05) is 0 Å². The van der Waals surface area contributed by atoms with Crippen molar-refractivity contribution in [2.75, 3.05) is 12.3 Å². The molecule has 5 heteroatoms. The van der Waals surface area contributed by atoms with E-state index in [2.05, 4.69) is 34.6 Å². The zero-order chi connectivity index (χ0) is 13.1. The largest absolute Gasteiger partial charge is 0.494 e. The van der Waals surface area contributed by atoms with Crippen LogP contribution in [0, 0.1) is 3.57 Å². The molecule has 2 N–H and O–H groups in total. The number of halogens is 1. The molecule has 0 aliphatic heterocycles. The van der Waals surface area contributed by atoms with Crippen LogP contribution in [0.25, 0.3) is 0 Å². The molecule has 0 amide bonds. The van der Waals surface area contributed by atoms with E-state index in [1.165, 1.54) is 0 Å². The lowest BCUT2D eigenvalue weighted by Gasteiger charge is -2.15. The Kier molecular flexibility index (Phi) is 4.11. The second-order valence-corrected chi connectivity index (χ2v) is 5.16. The van der Waals surface area contributed by atoms with E-state index in [1.54, 1.807) is 6.20 Å². The van der Waals surface area contributed by atoms with Gasteiger partial charge in [-0.1, -0.05) is 12.1 Å². The molecule has 18 heavy (non-hydrogen) atoms. The fourth-order valence-corrected chi connectivity index (χ4v) is 2.18. The number of anilines is 1. The highest BCUT2D eigenvalue weighted by atomic mass is 127. The Bertz CT molecular complexity index is 522. The van der Waals surface area contributed by atoms with Gasteiger partial charge >= 0.3 is 0 Å². The molecule has 1 aromatic heterocycles. The summed E-state index contributed by atoms with van der Waals surface area (Å²) >= 11 is 2.19. The third kappa shape index (κ3) is 2.60. The molecular formula is C13H16IN3O. The molecule has 4 nitrogen and oxygen atoms in total. The van der Waals surface area contributed by atoms with E-state index in [0.29, 0.717) is 12.4 Å². The van der Waals surface area contributed by atoms with E-state index in [4.69, 9.17) is 10.5 Å². The first-order chi connectivity index (χ1) is 8.63. The molecule has 0 bridgehead atoms. The average molecular weight is 357 g/mol. The molecular weight excluding hydrogens is 341 g/mol. The minimum absolute atomic E-state index is 0.115. The Balaban J connectivity index is 2.23. The summed E-state index contributed by atoms with van der Waals surface area (Å²) in [6.45, 7) is 4.73. The van der Waals surface area contributed by atoms with Crippen LogP contribution in [-0.4, -0.2) is 16.4 Å². The highest BCUT2D eigenvalue weighted by Crippen LogP contribution is 2.24. The summed E-state index contributed by atoms with van der Waals surface area (Å²) in [4.78, 5) is 0. The molecule has 0 fully saturated rings. The molecule has 96 valence electrons. The maximum Gasteiger partial charge on any atom is 0.135 e. The molecule has 1 aromatic carbocycles. The van der Waals surface area contributed by atoms with Crippen molar-refractivity contribution in [1.29, 1.82) is 0 Å². The van der Waals surface area contributed by atoms with Crippen molar-refractivity contribution < 1.29 is 4.74 Å². The lowest BCUT2D eigenvalue weighted by molar-refractivity contribution is 0.340. The number of ether oxygens (including phenoxy) is 1. The van der Waals surface area contributed by atoms with Gasteiger partial charge in [0.2, 0.25) is 0 Å². The van der Waals surface area contributed by atoms with Crippen LogP contribution in [0.2, 0.25) is 0 Å². The van der Waals surface area contributed by atoms with Crippen molar-refractivity contribution in [2.24, 2.45) is 0 Å². The number of nitrogens with zero attached hydrogens (tertiary/aromatic N) is 2. The van der Waals surface area contributed by atoms with Crippen LogP contribution >= 0.6 is 22.6 Å². The van der Waals surface area contributed by atoms with Crippen molar-refractivity contribution in [2.45, 2.75) is 19.9 Å². The van der Waals surface area contributed by atoms with Crippen LogP contribution in [0.5, 0.6) is 5.75 Å². The van der Waals surface area contributed by atoms with Gasteiger partial charge in [0.15, 0.2) is 0 Å². The Morgan fingerprint density at radius 3 is 2.56 bits per heavy atom. The number of nitrogen functional groups attached to an aromatic ring is 1. The molecule has 1 heterocycles. The molecule has 0 aliphatic rings. The van der Waals surface area contributed by atoms with Crippen LogP contribution in [0.15, 0.2) is 30.5 Å². The summed E-state index contributed by atoms with van der Waals surface area (Å²) in [5.74, 6) is 1.59. The lowest BCUT2D eigenvalue weighted by atomic mass is 10.1. The zero-order valence-corrected chi connectivity index (χ0v) is 12.6. The molecule has 0 spiro atoms.